The fourth-order valence-corrected chi connectivity index (χ4v) is 1.15. The third-order valence-electron chi connectivity index (χ3n) is 1.49. The molecule has 12 heavy (non-hydrogen) atoms. The van der Waals surface area contributed by atoms with Gasteiger partial charge in [0.2, 0.25) is 5.28 Å². The van der Waals surface area contributed by atoms with Gasteiger partial charge in [0, 0.05) is 6.20 Å². The number of pyridine rings is 1. The lowest BCUT2D eigenvalue weighted by atomic mass is 10.3. The number of hydrogen-bond donors (Lipinski definition) is 0. The van der Waals surface area contributed by atoms with Crippen LogP contribution >= 0.6 is 11.6 Å². The minimum absolute atomic E-state index is 0.206. The zero-order chi connectivity index (χ0) is 8.55. The first-order valence-electron chi connectivity index (χ1n) is 3.29. The standard InChI is InChI=1S/C8H4ClN3/c1-2-6-4-3-5-12-7(6)10-8(9)11-12/h1,3-5H. The highest BCUT2D eigenvalue weighted by atomic mass is 35.5. The maximum atomic E-state index is 5.60. The predicted octanol–water partition coefficient (Wildman–Crippen LogP) is 1.36. The van der Waals surface area contributed by atoms with E-state index in [-0.39, 0.29) is 5.28 Å². The predicted molar refractivity (Wildman–Crippen MR) is 45.9 cm³/mol. The zero-order valence-electron chi connectivity index (χ0n) is 6.03. The molecule has 2 aromatic rings. The molecule has 4 heteroatoms. The molecule has 0 aromatic carbocycles. The van der Waals surface area contributed by atoms with Crippen LogP contribution in [0, 0.1) is 12.3 Å². The van der Waals surface area contributed by atoms with Gasteiger partial charge in [0.05, 0.1) is 5.56 Å². The van der Waals surface area contributed by atoms with Crippen molar-refractivity contribution in [2.45, 2.75) is 0 Å². The number of hydrogen-bond acceptors (Lipinski definition) is 2. The number of halogens is 1. The maximum Gasteiger partial charge on any atom is 0.243 e. The zero-order valence-corrected chi connectivity index (χ0v) is 6.78. The minimum Gasteiger partial charge on any atom is -0.218 e. The van der Waals surface area contributed by atoms with Gasteiger partial charge in [-0.3, -0.25) is 0 Å². The molecule has 0 aliphatic carbocycles. The van der Waals surface area contributed by atoms with E-state index >= 15 is 0 Å². The average Bonchev–Trinajstić information content (AvgIpc) is 2.44. The highest BCUT2D eigenvalue weighted by Gasteiger charge is 2.02. The van der Waals surface area contributed by atoms with Crippen LogP contribution in [0.1, 0.15) is 5.56 Å². The third kappa shape index (κ3) is 0.936. The van der Waals surface area contributed by atoms with Gasteiger partial charge in [-0.25, -0.2) is 4.52 Å². The quantitative estimate of drug-likeness (QED) is 0.569. The first kappa shape index (κ1) is 7.14. The van der Waals surface area contributed by atoms with Crippen LogP contribution < -0.4 is 0 Å². The molecule has 0 bridgehead atoms. The lowest BCUT2D eigenvalue weighted by Gasteiger charge is -1.91. The topological polar surface area (TPSA) is 30.2 Å². The summed E-state index contributed by atoms with van der Waals surface area (Å²) in [4.78, 5) is 3.96. The van der Waals surface area contributed by atoms with Crippen molar-refractivity contribution in [2.24, 2.45) is 0 Å². The largest absolute Gasteiger partial charge is 0.243 e. The lowest BCUT2D eigenvalue weighted by Crippen LogP contribution is -1.88. The van der Waals surface area contributed by atoms with E-state index in [2.05, 4.69) is 16.0 Å². The summed E-state index contributed by atoms with van der Waals surface area (Å²) in [5.41, 5.74) is 1.31. The average molecular weight is 178 g/mol. The first-order valence-corrected chi connectivity index (χ1v) is 3.66. The molecule has 0 amide bonds. The molecule has 0 fully saturated rings. The molecule has 0 aliphatic heterocycles. The van der Waals surface area contributed by atoms with E-state index in [1.54, 1.807) is 22.8 Å². The molecule has 0 saturated carbocycles. The van der Waals surface area contributed by atoms with Crippen molar-refractivity contribution in [3.8, 4) is 12.3 Å². The third-order valence-corrected chi connectivity index (χ3v) is 1.65. The Morgan fingerprint density at radius 3 is 3.17 bits per heavy atom. The van der Waals surface area contributed by atoms with Gasteiger partial charge >= 0.3 is 0 Å². The highest BCUT2D eigenvalue weighted by Crippen LogP contribution is 2.09. The Kier molecular flexibility index (Phi) is 1.49. The number of fused-ring (bicyclic) bond motifs is 1. The Labute approximate surface area is 74.0 Å². The molecule has 3 nitrogen and oxygen atoms in total. The molecular weight excluding hydrogens is 174 g/mol. The van der Waals surface area contributed by atoms with Gasteiger partial charge < -0.3 is 0 Å². The molecule has 0 radical (unpaired) electrons. The van der Waals surface area contributed by atoms with Gasteiger partial charge in [-0.1, -0.05) is 5.92 Å². The van der Waals surface area contributed by atoms with Crippen LogP contribution in [0.25, 0.3) is 5.65 Å². The summed E-state index contributed by atoms with van der Waals surface area (Å²) in [6.07, 6.45) is 7.00. The van der Waals surface area contributed by atoms with Gasteiger partial charge in [0.25, 0.3) is 0 Å². The molecule has 0 spiro atoms. The molecule has 58 valence electrons. The lowest BCUT2D eigenvalue weighted by molar-refractivity contribution is 0.960. The van der Waals surface area contributed by atoms with Crippen LogP contribution in [0.15, 0.2) is 18.3 Å². The van der Waals surface area contributed by atoms with E-state index in [9.17, 15) is 0 Å². The van der Waals surface area contributed by atoms with Gasteiger partial charge in [-0.05, 0) is 23.7 Å². The Bertz CT molecular complexity index is 467. The second kappa shape index (κ2) is 2.50. The fraction of sp³-hybridized carbons (Fsp3) is 0. The van der Waals surface area contributed by atoms with Crippen LogP contribution in [0.3, 0.4) is 0 Å². The van der Waals surface area contributed by atoms with E-state index < -0.39 is 0 Å². The molecule has 0 unspecified atom stereocenters. The van der Waals surface area contributed by atoms with E-state index in [1.165, 1.54) is 0 Å². The van der Waals surface area contributed by atoms with E-state index in [1.807, 2.05) is 0 Å². The van der Waals surface area contributed by atoms with E-state index in [0.29, 0.717) is 11.2 Å². The van der Waals surface area contributed by atoms with Gasteiger partial charge in [0.15, 0.2) is 5.65 Å². The van der Waals surface area contributed by atoms with Crippen LogP contribution in [-0.2, 0) is 0 Å². The SMILES string of the molecule is C#Cc1cccn2nc(Cl)nc12. The van der Waals surface area contributed by atoms with Crippen molar-refractivity contribution in [2.75, 3.05) is 0 Å². The normalized spacial score (nSPS) is 10.0. The molecular formula is C8H4ClN3. The summed E-state index contributed by atoms with van der Waals surface area (Å²) < 4.78 is 1.55. The van der Waals surface area contributed by atoms with E-state index in [4.69, 9.17) is 18.0 Å². The van der Waals surface area contributed by atoms with Crippen LogP contribution in [0.5, 0.6) is 0 Å². The maximum absolute atomic E-state index is 5.60. The van der Waals surface area contributed by atoms with Gasteiger partial charge in [-0.2, -0.15) is 4.98 Å². The molecule has 2 aromatic heterocycles. The molecule has 0 saturated heterocycles. The van der Waals surface area contributed by atoms with Crippen LogP contribution in [0.2, 0.25) is 5.28 Å². The molecule has 0 atom stereocenters. The summed E-state index contributed by atoms with van der Waals surface area (Å²) in [5, 5.41) is 4.10. The van der Waals surface area contributed by atoms with Gasteiger partial charge in [-0.15, -0.1) is 11.5 Å². The van der Waals surface area contributed by atoms with E-state index in [0.717, 1.165) is 0 Å². The molecule has 0 aliphatic rings. The summed E-state index contributed by atoms with van der Waals surface area (Å²) in [6, 6.07) is 3.59. The first-order chi connectivity index (χ1) is 5.81. The van der Waals surface area contributed by atoms with Crippen molar-refractivity contribution >= 4 is 17.2 Å². The Morgan fingerprint density at radius 1 is 1.58 bits per heavy atom. The summed E-state index contributed by atoms with van der Waals surface area (Å²) in [7, 11) is 0. The Hall–Kier alpha value is -1.53. The number of terminal acetylenes is 1. The number of nitrogens with zero attached hydrogens (tertiary/aromatic N) is 3. The molecule has 2 heterocycles. The van der Waals surface area contributed by atoms with Crippen molar-refractivity contribution < 1.29 is 0 Å². The summed E-state index contributed by atoms with van der Waals surface area (Å²) >= 11 is 5.60. The number of aromatic nitrogens is 3. The monoisotopic (exact) mass is 177 g/mol. The van der Waals surface area contributed by atoms with Crippen LogP contribution in [-0.4, -0.2) is 14.6 Å². The second-order valence-corrected chi connectivity index (χ2v) is 2.55. The molecule has 2 rings (SSSR count). The van der Waals surface area contributed by atoms with Crippen molar-refractivity contribution in [1.29, 1.82) is 0 Å². The fourth-order valence-electron chi connectivity index (χ4n) is 0.993. The molecule has 0 N–H and O–H groups in total. The minimum atomic E-state index is 0.206. The Morgan fingerprint density at radius 2 is 2.42 bits per heavy atom. The van der Waals surface area contributed by atoms with Crippen molar-refractivity contribution in [1.82, 2.24) is 14.6 Å². The van der Waals surface area contributed by atoms with Crippen LogP contribution in [0.4, 0.5) is 0 Å². The number of rotatable bonds is 0. The Balaban J connectivity index is 2.89. The highest BCUT2D eigenvalue weighted by molar-refractivity contribution is 6.28. The van der Waals surface area contributed by atoms with Crippen molar-refractivity contribution in [3.63, 3.8) is 0 Å². The summed E-state index contributed by atoms with van der Waals surface area (Å²) in [5.74, 6) is 2.50. The van der Waals surface area contributed by atoms with Gasteiger partial charge in [0.1, 0.15) is 0 Å². The smallest absolute Gasteiger partial charge is 0.218 e. The summed E-state index contributed by atoms with van der Waals surface area (Å²) in [6.45, 7) is 0. The second-order valence-electron chi connectivity index (χ2n) is 2.22. The van der Waals surface area contributed by atoms with Crippen molar-refractivity contribution in [3.05, 3.63) is 29.2 Å².